The maximum absolute atomic E-state index is 14.6. The van der Waals surface area contributed by atoms with Crippen LogP contribution in [0.5, 0.6) is 0 Å². The lowest BCUT2D eigenvalue weighted by molar-refractivity contribution is -0.137. The smallest absolute Gasteiger partial charge is 0.326 e. The molecule has 2 N–H and O–H groups in total. The minimum Gasteiger partial charge on any atom is -0.480 e. The third-order valence-corrected chi connectivity index (χ3v) is 5.59. The van der Waals surface area contributed by atoms with Crippen molar-refractivity contribution in [3.05, 3.63) is 77.9 Å². The van der Waals surface area contributed by atoms with E-state index in [-0.39, 0.29) is 11.4 Å². The van der Waals surface area contributed by atoms with Gasteiger partial charge in [-0.1, -0.05) is 49.4 Å². The number of nitrogens with zero attached hydrogens (tertiary/aromatic N) is 3. The molecular weight excluding hydrogens is 419 g/mol. The SMILES string of the molecule is CCC(Nc1c(C#N)c(-c2ccc(-c3cccc(C)c3F)cc2)nc2cnccc12)C(=O)O. The summed E-state index contributed by atoms with van der Waals surface area (Å²) < 4.78 is 14.6. The van der Waals surface area contributed by atoms with E-state index in [9.17, 15) is 19.6 Å². The zero-order valence-electron chi connectivity index (χ0n) is 18.1. The van der Waals surface area contributed by atoms with Gasteiger partial charge in [0.15, 0.2) is 0 Å². The summed E-state index contributed by atoms with van der Waals surface area (Å²) in [5.41, 5.74) is 3.99. The highest BCUT2D eigenvalue weighted by Crippen LogP contribution is 2.35. The standard InChI is InChI=1S/C26H21FN4O2/c1-3-21(26(32)33)30-25-19-11-12-29-14-22(19)31-24(20(25)13-28)17-9-7-16(8-10-17)18-6-4-5-15(2)23(18)27/h4-12,14,21H,3H2,1-2H3,(H,30,31)(H,32,33). The minimum atomic E-state index is -1.01. The number of benzene rings is 2. The van der Waals surface area contributed by atoms with E-state index in [2.05, 4.69) is 21.4 Å². The molecule has 2 heterocycles. The zero-order valence-corrected chi connectivity index (χ0v) is 18.1. The molecule has 2 aromatic carbocycles. The largest absolute Gasteiger partial charge is 0.480 e. The van der Waals surface area contributed by atoms with Gasteiger partial charge < -0.3 is 10.4 Å². The Morgan fingerprint density at radius 2 is 1.91 bits per heavy atom. The van der Waals surface area contributed by atoms with Gasteiger partial charge in [-0.15, -0.1) is 0 Å². The average molecular weight is 440 g/mol. The third kappa shape index (κ3) is 4.11. The second-order valence-corrected chi connectivity index (χ2v) is 7.67. The second-order valence-electron chi connectivity index (χ2n) is 7.67. The van der Waals surface area contributed by atoms with Gasteiger partial charge in [0.2, 0.25) is 0 Å². The molecule has 33 heavy (non-hydrogen) atoms. The van der Waals surface area contributed by atoms with Crippen LogP contribution in [0.15, 0.2) is 60.9 Å². The molecule has 0 aliphatic carbocycles. The molecule has 0 saturated carbocycles. The van der Waals surface area contributed by atoms with Crippen molar-refractivity contribution in [3.8, 4) is 28.5 Å². The van der Waals surface area contributed by atoms with Crippen LogP contribution in [-0.2, 0) is 4.79 Å². The van der Waals surface area contributed by atoms with Gasteiger partial charge in [0, 0.05) is 22.7 Å². The predicted molar refractivity (Wildman–Crippen MR) is 125 cm³/mol. The molecule has 0 aliphatic heterocycles. The lowest BCUT2D eigenvalue weighted by atomic mass is 9.97. The van der Waals surface area contributed by atoms with Crippen molar-refractivity contribution in [1.82, 2.24) is 9.97 Å². The van der Waals surface area contributed by atoms with Crippen LogP contribution in [0.1, 0.15) is 24.5 Å². The molecule has 1 atom stereocenters. The van der Waals surface area contributed by atoms with E-state index in [1.165, 1.54) is 0 Å². The van der Waals surface area contributed by atoms with Gasteiger partial charge in [0.25, 0.3) is 0 Å². The lowest BCUT2D eigenvalue weighted by Crippen LogP contribution is -2.29. The topological polar surface area (TPSA) is 98.9 Å². The molecule has 0 amide bonds. The first-order chi connectivity index (χ1) is 15.9. The molecule has 164 valence electrons. The third-order valence-electron chi connectivity index (χ3n) is 5.59. The van der Waals surface area contributed by atoms with Crippen molar-refractivity contribution < 1.29 is 14.3 Å². The van der Waals surface area contributed by atoms with Crippen LogP contribution in [0.2, 0.25) is 0 Å². The van der Waals surface area contributed by atoms with Gasteiger partial charge in [-0.25, -0.2) is 14.2 Å². The van der Waals surface area contributed by atoms with Gasteiger partial charge >= 0.3 is 5.97 Å². The van der Waals surface area contributed by atoms with Gasteiger partial charge in [0.05, 0.1) is 23.1 Å². The molecule has 4 rings (SSSR count). The Hall–Kier alpha value is -4.31. The number of aliphatic carboxylic acids is 1. The van der Waals surface area contributed by atoms with Crippen molar-refractivity contribution in [2.24, 2.45) is 0 Å². The van der Waals surface area contributed by atoms with Crippen molar-refractivity contribution in [2.45, 2.75) is 26.3 Å². The van der Waals surface area contributed by atoms with Crippen LogP contribution in [-0.4, -0.2) is 27.1 Å². The predicted octanol–water partition coefficient (Wildman–Crippen LogP) is 5.56. The molecule has 6 nitrogen and oxygen atoms in total. The summed E-state index contributed by atoms with van der Waals surface area (Å²) in [6, 6.07) is 15.4. The highest BCUT2D eigenvalue weighted by molar-refractivity contribution is 5.99. The number of anilines is 1. The summed E-state index contributed by atoms with van der Waals surface area (Å²) in [6.07, 6.45) is 3.48. The fourth-order valence-corrected chi connectivity index (χ4v) is 3.77. The summed E-state index contributed by atoms with van der Waals surface area (Å²) in [5.74, 6) is -1.28. The molecule has 1 unspecified atom stereocenters. The Bertz CT molecular complexity index is 1390. The number of nitrogens with one attached hydrogen (secondary N) is 1. The normalized spacial score (nSPS) is 11.7. The van der Waals surface area contributed by atoms with E-state index in [0.717, 1.165) is 0 Å². The van der Waals surface area contributed by atoms with Crippen LogP contribution in [0, 0.1) is 24.1 Å². The molecule has 7 heteroatoms. The number of nitriles is 1. The summed E-state index contributed by atoms with van der Waals surface area (Å²) in [5, 5.41) is 23.2. The zero-order chi connectivity index (χ0) is 23.5. The molecule has 0 aliphatic rings. The van der Waals surface area contributed by atoms with Gasteiger partial charge in [-0.3, -0.25) is 4.98 Å². The number of fused-ring (bicyclic) bond motifs is 1. The summed E-state index contributed by atoms with van der Waals surface area (Å²) in [7, 11) is 0. The first-order valence-corrected chi connectivity index (χ1v) is 10.5. The molecule has 0 bridgehead atoms. The maximum Gasteiger partial charge on any atom is 0.326 e. The van der Waals surface area contributed by atoms with E-state index in [1.807, 2.05) is 0 Å². The van der Waals surface area contributed by atoms with Gasteiger partial charge in [0.1, 0.15) is 23.5 Å². The number of rotatable bonds is 6. The number of carboxylic acids is 1. The number of pyridine rings is 2. The molecule has 2 aromatic heterocycles. The van der Waals surface area contributed by atoms with Crippen molar-refractivity contribution in [1.29, 1.82) is 5.26 Å². The monoisotopic (exact) mass is 440 g/mol. The van der Waals surface area contributed by atoms with Crippen molar-refractivity contribution in [3.63, 3.8) is 0 Å². The fourth-order valence-electron chi connectivity index (χ4n) is 3.77. The Morgan fingerprint density at radius 1 is 1.18 bits per heavy atom. The van der Waals surface area contributed by atoms with Crippen LogP contribution >= 0.6 is 0 Å². The Balaban J connectivity index is 1.86. The van der Waals surface area contributed by atoms with Gasteiger partial charge in [-0.05, 0) is 30.5 Å². The molecule has 0 saturated heterocycles. The first kappa shape index (κ1) is 21.9. The van der Waals surface area contributed by atoms with E-state index >= 15 is 0 Å². The lowest BCUT2D eigenvalue weighted by Gasteiger charge is -2.18. The maximum atomic E-state index is 14.6. The summed E-state index contributed by atoms with van der Waals surface area (Å²) >= 11 is 0. The number of hydrogen-bond donors (Lipinski definition) is 2. The van der Waals surface area contributed by atoms with Gasteiger partial charge in [-0.2, -0.15) is 5.26 Å². The van der Waals surface area contributed by atoms with E-state index < -0.39 is 12.0 Å². The molecule has 4 aromatic rings. The number of halogens is 1. The molecule has 0 fully saturated rings. The summed E-state index contributed by atoms with van der Waals surface area (Å²) in [6.45, 7) is 3.47. The minimum absolute atomic E-state index is 0.239. The van der Waals surface area contributed by atoms with E-state index in [1.54, 1.807) is 74.8 Å². The number of carbonyl (C=O) groups is 1. The quantitative estimate of drug-likeness (QED) is 0.407. The average Bonchev–Trinajstić information content (AvgIpc) is 2.83. The second kappa shape index (κ2) is 9.05. The molecule has 0 spiro atoms. The number of aromatic nitrogens is 2. The fraction of sp³-hybridized carbons (Fsp3) is 0.154. The van der Waals surface area contributed by atoms with Crippen molar-refractivity contribution in [2.75, 3.05) is 5.32 Å². The Labute approximate surface area is 190 Å². The van der Waals surface area contributed by atoms with E-state index in [0.29, 0.717) is 51.0 Å². The number of aryl methyl sites for hydroxylation is 1. The first-order valence-electron chi connectivity index (χ1n) is 10.5. The molecular formula is C26H21FN4O2. The van der Waals surface area contributed by atoms with E-state index in [4.69, 9.17) is 0 Å². The highest BCUT2D eigenvalue weighted by Gasteiger charge is 2.22. The Kier molecular flexibility index (Phi) is 6.01. The summed E-state index contributed by atoms with van der Waals surface area (Å²) in [4.78, 5) is 20.4. The van der Waals surface area contributed by atoms with Crippen molar-refractivity contribution >= 4 is 22.6 Å². The van der Waals surface area contributed by atoms with Crippen LogP contribution < -0.4 is 5.32 Å². The Morgan fingerprint density at radius 3 is 2.58 bits per heavy atom. The highest BCUT2D eigenvalue weighted by atomic mass is 19.1. The molecule has 0 radical (unpaired) electrons. The van der Waals surface area contributed by atoms with Crippen LogP contribution in [0.4, 0.5) is 10.1 Å². The number of carboxylic acid groups (broad SMARTS) is 1. The number of hydrogen-bond acceptors (Lipinski definition) is 5. The van der Waals surface area contributed by atoms with Crippen LogP contribution in [0.3, 0.4) is 0 Å². The van der Waals surface area contributed by atoms with Crippen LogP contribution in [0.25, 0.3) is 33.3 Å².